The fourth-order valence-corrected chi connectivity index (χ4v) is 3.38. The van der Waals surface area contributed by atoms with E-state index in [1.54, 1.807) is 24.3 Å². The van der Waals surface area contributed by atoms with E-state index in [0.717, 1.165) is 21.1 Å². The monoisotopic (exact) mass is 354 g/mol. The molecule has 0 saturated carbocycles. The van der Waals surface area contributed by atoms with Gasteiger partial charge >= 0.3 is 0 Å². The number of aromatic nitrogens is 1. The molecule has 0 unspecified atom stereocenters. The number of amides is 2. The molecule has 4 rings (SSSR count). The Bertz CT molecular complexity index is 894. The van der Waals surface area contributed by atoms with Crippen LogP contribution in [0.2, 0.25) is 0 Å². The van der Waals surface area contributed by atoms with Crippen molar-refractivity contribution in [2.45, 2.75) is 6.54 Å². The molecule has 108 valence electrons. The summed E-state index contributed by atoms with van der Waals surface area (Å²) in [6.45, 7) is 0.224. The van der Waals surface area contributed by atoms with Crippen LogP contribution >= 0.6 is 15.9 Å². The fraction of sp³-hybridized carbons (Fsp3) is 0.0588. The summed E-state index contributed by atoms with van der Waals surface area (Å²) in [4.78, 5) is 29.4. The van der Waals surface area contributed by atoms with Gasteiger partial charge in [-0.3, -0.25) is 14.5 Å². The smallest absolute Gasteiger partial charge is 0.261 e. The number of nitrogens with one attached hydrogen (secondary N) is 1. The van der Waals surface area contributed by atoms with E-state index in [2.05, 4.69) is 20.9 Å². The number of fused-ring (bicyclic) bond motifs is 2. The zero-order valence-electron chi connectivity index (χ0n) is 11.5. The molecule has 1 aliphatic heterocycles. The predicted octanol–water partition coefficient (Wildman–Crippen LogP) is 3.73. The van der Waals surface area contributed by atoms with Crippen LogP contribution in [0.5, 0.6) is 0 Å². The Balaban J connectivity index is 1.74. The summed E-state index contributed by atoms with van der Waals surface area (Å²) in [5.74, 6) is -0.489. The Morgan fingerprint density at radius 3 is 2.14 bits per heavy atom. The number of halogens is 1. The lowest BCUT2D eigenvalue weighted by molar-refractivity contribution is 0.0640. The first-order valence-electron chi connectivity index (χ1n) is 6.87. The second kappa shape index (κ2) is 4.81. The topological polar surface area (TPSA) is 53.2 Å². The average Bonchev–Trinajstić information content (AvgIpc) is 2.99. The van der Waals surface area contributed by atoms with Crippen LogP contribution in [0.15, 0.2) is 53.0 Å². The lowest BCUT2D eigenvalue weighted by Crippen LogP contribution is -2.29. The number of rotatable bonds is 2. The van der Waals surface area contributed by atoms with E-state index in [0.29, 0.717) is 11.1 Å². The number of carbonyl (C=O) groups excluding carboxylic acids is 2. The van der Waals surface area contributed by atoms with Gasteiger partial charge in [-0.15, -0.1) is 0 Å². The molecule has 1 aliphatic rings. The van der Waals surface area contributed by atoms with Crippen molar-refractivity contribution >= 4 is 38.6 Å². The number of H-pyrrole nitrogens is 1. The first-order valence-corrected chi connectivity index (χ1v) is 7.66. The van der Waals surface area contributed by atoms with Gasteiger partial charge in [0.15, 0.2) is 0 Å². The third-order valence-corrected chi connectivity index (χ3v) is 4.81. The van der Waals surface area contributed by atoms with Gasteiger partial charge in [-0.1, -0.05) is 30.3 Å². The Hall–Kier alpha value is -2.40. The van der Waals surface area contributed by atoms with E-state index in [-0.39, 0.29) is 18.4 Å². The average molecular weight is 355 g/mol. The molecule has 0 radical (unpaired) electrons. The number of imide groups is 1. The molecule has 1 N–H and O–H groups in total. The molecule has 22 heavy (non-hydrogen) atoms. The third kappa shape index (κ3) is 1.82. The lowest BCUT2D eigenvalue weighted by atomic mass is 10.1. The molecular weight excluding hydrogens is 344 g/mol. The molecule has 0 fully saturated rings. The number of hydrogen-bond acceptors (Lipinski definition) is 2. The summed E-state index contributed by atoms with van der Waals surface area (Å²) in [7, 11) is 0. The summed E-state index contributed by atoms with van der Waals surface area (Å²) in [5, 5.41) is 1.04. The number of nitrogens with zero attached hydrogens (tertiary/aromatic N) is 1. The van der Waals surface area contributed by atoms with Crippen LogP contribution in [0.25, 0.3) is 10.9 Å². The maximum atomic E-state index is 12.4. The molecule has 0 spiro atoms. The molecule has 1 aromatic heterocycles. The number of carbonyl (C=O) groups is 2. The van der Waals surface area contributed by atoms with E-state index in [9.17, 15) is 9.59 Å². The molecule has 2 aromatic carbocycles. The van der Waals surface area contributed by atoms with Gasteiger partial charge in [0.1, 0.15) is 0 Å². The highest BCUT2D eigenvalue weighted by Crippen LogP contribution is 2.31. The van der Waals surface area contributed by atoms with Crippen molar-refractivity contribution in [3.8, 4) is 0 Å². The van der Waals surface area contributed by atoms with Gasteiger partial charge in [0, 0.05) is 15.4 Å². The maximum absolute atomic E-state index is 12.4. The number of hydrogen-bond donors (Lipinski definition) is 1. The second-order valence-electron chi connectivity index (χ2n) is 5.21. The van der Waals surface area contributed by atoms with E-state index in [1.165, 1.54) is 4.90 Å². The second-order valence-corrected chi connectivity index (χ2v) is 6.00. The van der Waals surface area contributed by atoms with Crippen LogP contribution in [0, 0.1) is 0 Å². The van der Waals surface area contributed by atoms with Gasteiger partial charge in [0.2, 0.25) is 0 Å². The van der Waals surface area contributed by atoms with Crippen LogP contribution in [-0.4, -0.2) is 21.7 Å². The number of para-hydroxylation sites is 1. The zero-order chi connectivity index (χ0) is 15.3. The summed E-state index contributed by atoms with van der Waals surface area (Å²) in [5.41, 5.74) is 2.73. The molecular formula is C17H11BrN2O2. The fourth-order valence-electron chi connectivity index (χ4n) is 2.81. The van der Waals surface area contributed by atoms with E-state index >= 15 is 0 Å². The van der Waals surface area contributed by atoms with Gasteiger partial charge in [-0.05, 0) is 34.1 Å². The Morgan fingerprint density at radius 1 is 0.909 bits per heavy atom. The Labute approximate surface area is 134 Å². The molecule has 0 bridgehead atoms. The van der Waals surface area contributed by atoms with Gasteiger partial charge in [0.25, 0.3) is 11.8 Å². The Morgan fingerprint density at radius 2 is 1.50 bits per heavy atom. The largest absolute Gasteiger partial charge is 0.356 e. The minimum Gasteiger partial charge on any atom is -0.356 e. The van der Waals surface area contributed by atoms with Crippen molar-refractivity contribution in [3.05, 3.63) is 69.8 Å². The highest BCUT2D eigenvalue weighted by molar-refractivity contribution is 9.10. The summed E-state index contributed by atoms with van der Waals surface area (Å²) in [6.07, 6.45) is 0. The SMILES string of the molecule is O=C1c2ccccc2C(=O)N1Cc1[nH]c2ccccc2c1Br. The molecule has 0 saturated heterocycles. The van der Waals surface area contributed by atoms with Crippen LogP contribution in [0.1, 0.15) is 26.4 Å². The van der Waals surface area contributed by atoms with Crippen molar-refractivity contribution in [1.82, 2.24) is 9.88 Å². The zero-order valence-corrected chi connectivity index (χ0v) is 13.1. The minimum atomic E-state index is -0.244. The highest BCUT2D eigenvalue weighted by Gasteiger charge is 2.35. The van der Waals surface area contributed by atoms with Gasteiger partial charge in [-0.2, -0.15) is 0 Å². The number of benzene rings is 2. The highest BCUT2D eigenvalue weighted by atomic mass is 79.9. The van der Waals surface area contributed by atoms with Gasteiger partial charge in [-0.25, -0.2) is 0 Å². The van der Waals surface area contributed by atoms with Gasteiger partial charge in [0.05, 0.1) is 23.4 Å². The predicted molar refractivity (Wildman–Crippen MR) is 86.6 cm³/mol. The summed E-state index contributed by atoms with van der Waals surface area (Å²) in [6, 6.07) is 14.8. The van der Waals surface area contributed by atoms with Crippen molar-refractivity contribution in [3.63, 3.8) is 0 Å². The summed E-state index contributed by atoms with van der Waals surface area (Å²) >= 11 is 3.55. The summed E-state index contributed by atoms with van der Waals surface area (Å²) < 4.78 is 0.889. The standard InChI is InChI=1S/C17H11BrN2O2/c18-15-12-7-3-4-8-13(12)19-14(15)9-20-16(21)10-5-1-2-6-11(10)17(20)22/h1-8,19H,9H2. The molecule has 0 atom stereocenters. The first kappa shape index (κ1) is 13.3. The van der Waals surface area contributed by atoms with Crippen LogP contribution in [-0.2, 0) is 6.54 Å². The molecule has 4 nitrogen and oxygen atoms in total. The van der Waals surface area contributed by atoms with Crippen LogP contribution < -0.4 is 0 Å². The van der Waals surface area contributed by atoms with Crippen molar-refractivity contribution in [1.29, 1.82) is 0 Å². The molecule has 2 heterocycles. The molecule has 0 aliphatic carbocycles. The molecule has 2 amide bonds. The van der Waals surface area contributed by atoms with Crippen molar-refractivity contribution < 1.29 is 9.59 Å². The molecule has 5 heteroatoms. The lowest BCUT2D eigenvalue weighted by Gasteiger charge is -2.13. The Kier molecular flexibility index (Phi) is 2.90. The van der Waals surface area contributed by atoms with E-state index < -0.39 is 0 Å². The molecule has 3 aromatic rings. The van der Waals surface area contributed by atoms with Crippen molar-refractivity contribution in [2.24, 2.45) is 0 Å². The third-order valence-electron chi connectivity index (χ3n) is 3.91. The van der Waals surface area contributed by atoms with Crippen molar-refractivity contribution in [2.75, 3.05) is 0 Å². The van der Waals surface area contributed by atoms with Crippen LogP contribution in [0.4, 0.5) is 0 Å². The van der Waals surface area contributed by atoms with E-state index in [1.807, 2.05) is 24.3 Å². The maximum Gasteiger partial charge on any atom is 0.261 e. The minimum absolute atomic E-state index is 0.224. The quantitative estimate of drug-likeness (QED) is 0.713. The normalized spacial score (nSPS) is 14.0. The number of aromatic amines is 1. The van der Waals surface area contributed by atoms with Gasteiger partial charge < -0.3 is 4.98 Å². The van der Waals surface area contributed by atoms with E-state index in [4.69, 9.17) is 0 Å². The first-order chi connectivity index (χ1) is 10.7. The van der Waals surface area contributed by atoms with Crippen LogP contribution in [0.3, 0.4) is 0 Å².